The predicted octanol–water partition coefficient (Wildman–Crippen LogP) is 3.03. The highest BCUT2D eigenvalue weighted by Crippen LogP contribution is 2.25. The fourth-order valence-corrected chi connectivity index (χ4v) is 1.97. The Morgan fingerprint density at radius 1 is 1.27 bits per heavy atom. The van der Waals surface area contributed by atoms with Gasteiger partial charge in [-0.2, -0.15) is 5.10 Å². The van der Waals surface area contributed by atoms with Gasteiger partial charge >= 0.3 is 0 Å². The number of hydrogen-bond donors (Lipinski definition) is 3. The Morgan fingerprint density at radius 2 is 2.05 bits per heavy atom. The minimum absolute atomic E-state index is 0.0874. The Labute approximate surface area is 134 Å². The summed E-state index contributed by atoms with van der Waals surface area (Å²) in [5.41, 5.74) is 5.55. The van der Waals surface area contributed by atoms with Crippen molar-refractivity contribution in [1.29, 1.82) is 0 Å². The van der Waals surface area contributed by atoms with Gasteiger partial charge in [0.1, 0.15) is 0 Å². The van der Waals surface area contributed by atoms with Crippen LogP contribution in [-0.2, 0) is 0 Å². The zero-order valence-electron chi connectivity index (χ0n) is 12.3. The van der Waals surface area contributed by atoms with Crippen molar-refractivity contribution in [3.63, 3.8) is 0 Å². The molecule has 0 fully saturated rings. The molecule has 0 unspecified atom stereocenters. The first kappa shape index (κ1) is 15.8. The fraction of sp³-hybridized carbons (Fsp3) is 0.125. The van der Waals surface area contributed by atoms with Crippen LogP contribution < -0.4 is 15.5 Å². The van der Waals surface area contributed by atoms with Crippen molar-refractivity contribution in [2.45, 2.75) is 6.92 Å². The van der Waals surface area contributed by atoms with E-state index in [0.29, 0.717) is 10.9 Å². The lowest BCUT2D eigenvalue weighted by Crippen LogP contribution is -2.24. The number of thiocarbonyl (C=S) groups is 1. The maximum atomic E-state index is 9.52. The molecular weight excluding hydrogens is 298 g/mol. The lowest BCUT2D eigenvalue weighted by Gasteiger charge is -2.09. The molecule has 0 aliphatic heterocycles. The molecule has 0 saturated carbocycles. The molecule has 0 radical (unpaired) electrons. The van der Waals surface area contributed by atoms with E-state index in [2.05, 4.69) is 15.8 Å². The van der Waals surface area contributed by atoms with Crippen molar-refractivity contribution in [3.05, 3.63) is 53.6 Å². The normalized spacial score (nSPS) is 10.5. The average molecular weight is 315 g/mol. The quantitative estimate of drug-likeness (QED) is 0.460. The lowest BCUT2D eigenvalue weighted by molar-refractivity contribution is 0.373. The molecular formula is C16H17N3O2S. The van der Waals surface area contributed by atoms with Crippen molar-refractivity contribution in [2.75, 3.05) is 12.4 Å². The van der Waals surface area contributed by atoms with Crippen molar-refractivity contribution in [1.82, 2.24) is 5.43 Å². The van der Waals surface area contributed by atoms with Crippen LogP contribution in [0.5, 0.6) is 11.5 Å². The van der Waals surface area contributed by atoms with Crippen LogP contribution in [0.3, 0.4) is 0 Å². The largest absolute Gasteiger partial charge is 0.504 e. The predicted molar refractivity (Wildman–Crippen MR) is 92.8 cm³/mol. The fourth-order valence-electron chi connectivity index (χ4n) is 1.80. The van der Waals surface area contributed by atoms with Gasteiger partial charge in [0.05, 0.1) is 13.3 Å². The van der Waals surface area contributed by atoms with Gasteiger partial charge in [-0.3, -0.25) is 5.43 Å². The van der Waals surface area contributed by atoms with Gasteiger partial charge < -0.3 is 15.2 Å². The van der Waals surface area contributed by atoms with Crippen molar-refractivity contribution in [3.8, 4) is 11.5 Å². The first-order valence-corrected chi connectivity index (χ1v) is 7.03. The molecule has 22 heavy (non-hydrogen) atoms. The molecule has 5 nitrogen and oxygen atoms in total. The van der Waals surface area contributed by atoms with Crippen LogP contribution in [0.25, 0.3) is 0 Å². The van der Waals surface area contributed by atoms with Gasteiger partial charge in [0.15, 0.2) is 16.6 Å². The third kappa shape index (κ3) is 4.20. The van der Waals surface area contributed by atoms with Crippen LogP contribution in [-0.4, -0.2) is 23.5 Å². The second-order valence-electron chi connectivity index (χ2n) is 4.57. The number of nitrogens with one attached hydrogen (secondary N) is 2. The summed E-state index contributed by atoms with van der Waals surface area (Å²) in [6.07, 6.45) is 1.59. The number of para-hydroxylation sites is 1. The Hall–Kier alpha value is -2.60. The van der Waals surface area contributed by atoms with Gasteiger partial charge in [0.2, 0.25) is 0 Å². The second kappa shape index (κ2) is 7.42. The third-order valence-corrected chi connectivity index (χ3v) is 3.17. The summed E-state index contributed by atoms with van der Waals surface area (Å²) in [7, 11) is 1.50. The number of phenols is 1. The van der Waals surface area contributed by atoms with Gasteiger partial charge in [-0.05, 0) is 54.5 Å². The number of anilines is 1. The van der Waals surface area contributed by atoms with Gasteiger partial charge in [-0.15, -0.1) is 0 Å². The highest BCUT2D eigenvalue weighted by atomic mass is 32.1. The van der Waals surface area contributed by atoms with E-state index in [-0.39, 0.29) is 5.75 Å². The number of ether oxygens (including phenoxy) is 1. The first-order valence-electron chi connectivity index (χ1n) is 6.63. The molecule has 0 bridgehead atoms. The number of benzene rings is 2. The summed E-state index contributed by atoms with van der Waals surface area (Å²) in [5.74, 6) is 0.480. The molecule has 2 aromatic rings. The molecule has 0 aliphatic carbocycles. The van der Waals surface area contributed by atoms with Gasteiger partial charge in [-0.25, -0.2) is 0 Å². The maximum absolute atomic E-state index is 9.52. The molecule has 2 rings (SSSR count). The molecule has 0 saturated heterocycles. The summed E-state index contributed by atoms with van der Waals surface area (Å²) < 4.78 is 5.04. The van der Waals surface area contributed by atoms with Crippen molar-refractivity contribution in [2.24, 2.45) is 5.10 Å². The lowest BCUT2D eigenvalue weighted by atomic mass is 10.2. The van der Waals surface area contributed by atoms with Crippen LogP contribution in [0.15, 0.2) is 47.6 Å². The highest BCUT2D eigenvalue weighted by molar-refractivity contribution is 7.80. The first-order chi connectivity index (χ1) is 10.6. The molecule has 0 atom stereocenters. The standard InChI is InChI=1S/C16H17N3O2S/c1-11-5-3-4-6-13(11)18-16(22)19-17-10-12-7-8-14(20)15(9-12)21-2/h3-10,20H,1-2H3,(H2,18,19,22)/b17-10+. The van der Waals surface area contributed by atoms with E-state index in [4.69, 9.17) is 17.0 Å². The SMILES string of the molecule is COc1cc(/C=N/NC(=S)Nc2ccccc2C)ccc1O. The Kier molecular flexibility index (Phi) is 5.32. The van der Waals surface area contributed by atoms with E-state index in [1.807, 2.05) is 31.2 Å². The van der Waals surface area contributed by atoms with Crippen LogP contribution in [0.2, 0.25) is 0 Å². The molecule has 0 amide bonds. The van der Waals surface area contributed by atoms with Gasteiger partial charge in [-0.1, -0.05) is 18.2 Å². The summed E-state index contributed by atoms with van der Waals surface area (Å²) >= 11 is 5.18. The minimum atomic E-state index is 0.0874. The number of methoxy groups -OCH3 is 1. The molecule has 6 heteroatoms. The van der Waals surface area contributed by atoms with Crippen LogP contribution in [0.1, 0.15) is 11.1 Å². The van der Waals surface area contributed by atoms with Crippen LogP contribution >= 0.6 is 12.2 Å². The van der Waals surface area contributed by atoms with Crippen molar-refractivity contribution >= 4 is 29.2 Å². The molecule has 0 heterocycles. The molecule has 3 N–H and O–H groups in total. The Balaban J connectivity index is 1.95. The van der Waals surface area contributed by atoms with E-state index >= 15 is 0 Å². The summed E-state index contributed by atoms with van der Waals surface area (Å²) in [5, 5.41) is 17.0. The molecule has 0 spiro atoms. The van der Waals surface area contributed by atoms with Gasteiger partial charge in [0, 0.05) is 5.69 Å². The monoisotopic (exact) mass is 315 g/mol. The summed E-state index contributed by atoms with van der Waals surface area (Å²) in [6.45, 7) is 2.00. The van der Waals surface area contributed by atoms with Crippen LogP contribution in [0.4, 0.5) is 5.69 Å². The topological polar surface area (TPSA) is 65.9 Å². The van der Waals surface area contributed by atoms with Crippen LogP contribution in [0, 0.1) is 6.92 Å². The smallest absolute Gasteiger partial charge is 0.191 e. The number of nitrogens with zero attached hydrogens (tertiary/aromatic N) is 1. The number of phenolic OH excluding ortho intramolecular Hbond substituents is 1. The second-order valence-corrected chi connectivity index (χ2v) is 4.98. The van der Waals surface area contributed by atoms with E-state index in [1.165, 1.54) is 7.11 Å². The van der Waals surface area contributed by atoms with E-state index < -0.39 is 0 Å². The zero-order chi connectivity index (χ0) is 15.9. The van der Waals surface area contributed by atoms with Gasteiger partial charge in [0.25, 0.3) is 0 Å². The number of aryl methyl sites for hydroxylation is 1. The van der Waals surface area contributed by atoms with E-state index in [1.54, 1.807) is 24.4 Å². The number of aromatic hydroxyl groups is 1. The Bertz CT molecular complexity index is 702. The molecule has 0 aromatic heterocycles. The maximum Gasteiger partial charge on any atom is 0.191 e. The average Bonchev–Trinajstić information content (AvgIpc) is 2.51. The molecule has 114 valence electrons. The molecule has 2 aromatic carbocycles. The Morgan fingerprint density at radius 3 is 2.77 bits per heavy atom. The molecule has 0 aliphatic rings. The number of hydrogen-bond acceptors (Lipinski definition) is 4. The number of hydrazone groups is 1. The highest BCUT2D eigenvalue weighted by Gasteiger charge is 2.01. The minimum Gasteiger partial charge on any atom is -0.504 e. The van der Waals surface area contributed by atoms with E-state index in [0.717, 1.165) is 16.8 Å². The summed E-state index contributed by atoms with van der Waals surface area (Å²) in [6, 6.07) is 12.8. The summed E-state index contributed by atoms with van der Waals surface area (Å²) in [4.78, 5) is 0. The van der Waals surface area contributed by atoms with E-state index in [9.17, 15) is 5.11 Å². The van der Waals surface area contributed by atoms with Crippen molar-refractivity contribution < 1.29 is 9.84 Å². The number of rotatable bonds is 4. The third-order valence-electron chi connectivity index (χ3n) is 2.98. The zero-order valence-corrected chi connectivity index (χ0v) is 13.1.